The summed E-state index contributed by atoms with van der Waals surface area (Å²) < 4.78 is 0. The second kappa shape index (κ2) is 6.11. The van der Waals surface area contributed by atoms with Gasteiger partial charge in [0.05, 0.1) is 12.2 Å². The van der Waals surface area contributed by atoms with Crippen LogP contribution in [0, 0.1) is 5.92 Å². The molecule has 78 valence electrons. The highest BCUT2D eigenvalue weighted by molar-refractivity contribution is 5.78. The third-order valence-corrected chi connectivity index (χ3v) is 2.36. The van der Waals surface area contributed by atoms with Crippen molar-refractivity contribution in [3.63, 3.8) is 0 Å². The third-order valence-electron chi connectivity index (χ3n) is 2.36. The summed E-state index contributed by atoms with van der Waals surface area (Å²) in [5.74, 6) is 0.0874. The molecular formula is C10H20O3. The van der Waals surface area contributed by atoms with Gasteiger partial charge in [-0.2, -0.15) is 0 Å². The highest BCUT2D eigenvalue weighted by atomic mass is 16.3. The van der Waals surface area contributed by atoms with Crippen molar-refractivity contribution in [2.24, 2.45) is 5.92 Å². The SMILES string of the molecule is CC.CC(=O)C1CCC(O)C(O)C1. The minimum Gasteiger partial charge on any atom is -0.390 e. The van der Waals surface area contributed by atoms with Crippen molar-refractivity contribution in [1.82, 2.24) is 0 Å². The van der Waals surface area contributed by atoms with Gasteiger partial charge in [-0.3, -0.25) is 4.79 Å². The van der Waals surface area contributed by atoms with Crippen molar-refractivity contribution in [2.45, 2.75) is 52.2 Å². The van der Waals surface area contributed by atoms with Gasteiger partial charge >= 0.3 is 0 Å². The average molecular weight is 188 g/mol. The molecule has 0 saturated heterocycles. The molecule has 0 aromatic rings. The van der Waals surface area contributed by atoms with Crippen molar-refractivity contribution in [1.29, 1.82) is 0 Å². The average Bonchev–Trinajstić information content (AvgIpc) is 2.13. The van der Waals surface area contributed by atoms with E-state index in [1.165, 1.54) is 6.92 Å². The van der Waals surface area contributed by atoms with E-state index in [0.29, 0.717) is 19.3 Å². The topological polar surface area (TPSA) is 57.5 Å². The lowest BCUT2D eigenvalue weighted by Crippen LogP contribution is -2.35. The molecule has 2 N–H and O–H groups in total. The second-order valence-corrected chi connectivity index (χ2v) is 3.26. The standard InChI is InChI=1S/C8H14O3.C2H6/c1-5(9)6-2-3-7(10)8(11)4-6;1-2/h6-8,10-11H,2-4H2,1H3;1-2H3. The summed E-state index contributed by atoms with van der Waals surface area (Å²) in [5.41, 5.74) is 0. The molecule has 1 rings (SSSR count). The van der Waals surface area contributed by atoms with Crippen molar-refractivity contribution in [3.05, 3.63) is 0 Å². The molecule has 0 aromatic carbocycles. The first kappa shape index (κ1) is 12.6. The van der Waals surface area contributed by atoms with E-state index in [1.807, 2.05) is 13.8 Å². The monoisotopic (exact) mass is 188 g/mol. The number of ketones is 1. The van der Waals surface area contributed by atoms with Gasteiger partial charge in [0.15, 0.2) is 0 Å². The van der Waals surface area contributed by atoms with Crippen LogP contribution < -0.4 is 0 Å². The zero-order valence-corrected chi connectivity index (χ0v) is 8.66. The largest absolute Gasteiger partial charge is 0.390 e. The molecule has 1 saturated carbocycles. The van der Waals surface area contributed by atoms with Crippen LogP contribution in [-0.2, 0) is 4.79 Å². The highest BCUT2D eigenvalue weighted by Crippen LogP contribution is 2.24. The molecule has 3 unspecified atom stereocenters. The Kier molecular flexibility index (Phi) is 5.91. The quantitative estimate of drug-likeness (QED) is 0.648. The Balaban J connectivity index is 0.000000671. The summed E-state index contributed by atoms with van der Waals surface area (Å²) in [7, 11) is 0. The fourth-order valence-electron chi connectivity index (χ4n) is 1.50. The Morgan fingerprint density at radius 1 is 1.15 bits per heavy atom. The van der Waals surface area contributed by atoms with Crippen LogP contribution >= 0.6 is 0 Å². The van der Waals surface area contributed by atoms with Gasteiger partial charge < -0.3 is 10.2 Å². The van der Waals surface area contributed by atoms with Gasteiger partial charge in [0.25, 0.3) is 0 Å². The maximum atomic E-state index is 10.9. The number of aliphatic hydroxyl groups excluding tert-OH is 2. The van der Waals surface area contributed by atoms with Crippen molar-refractivity contribution >= 4 is 5.78 Å². The molecule has 0 heterocycles. The summed E-state index contributed by atoms with van der Waals surface area (Å²) >= 11 is 0. The number of Topliss-reactive ketones (excluding diaryl/α,β-unsaturated/α-hetero) is 1. The summed E-state index contributed by atoms with van der Waals surface area (Å²) in [6, 6.07) is 0. The fourth-order valence-corrected chi connectivity index (χ4v) is 1.50. The molecule has 3 atom stereocenters. The van der Waals surface area contributed by atoms with E-state index in [2.05, 4.69) is 0 Å². The summed E-state index contributed by atoms with van der Waals surface area (Å²) in [5, 5.41) is 18.3. The molecule has 13 heavy (non-hydrogen) atoms. The summed E-state index contributed by atoms with van der Waals surface area (Å²) in [4.78, 5) is 10.9. The molecule has 0 aliphatic heterocycles. The van der Waals surface area contributed by atoms with E-state index >= 15 is 0 Å². The molecule has 3 nitrogen and oxygen atoms in total. The molecule has 0 bridgehead atoms. The Bertz CT molecular complexity index is 156. The van der Waals surface area contributed by atoms with E-state index in [0.717, 1.165) is 0 Å². The van der Waals surface area contributed by atoms with Crippen LogP contribution in [0.15, 0.2) is 0 Å². The van der Waals surface area contributed by atoms with Gasteiger partial charge in [0, 0.05) is 5.92 Å². The molecular weight excluding hydrogens is 168 g/mol. The molecule has 0 radical (unpaired) electrons. The van der Waals surface area contributed by atoms with Crippen molar-refractivity contribution < 1.29 is 15.0 Å². The first-order valence-corrected chi connectivity index (χ1v) is 4.98. The highest BCUT2D eigenvalue weighted by Gasteiger charge is 2.29. The molecule has 1 aliphatic rings. The lowest BCUT2D eigenvalue weighted by atomic mass is 9.83. The van der Waals surface area contributed by atoms with Gasteiger partial charge in [-0.1, -0.05) is 13.8 Å². The minimum absolute atomic E-state index is 0.0339. The van der Waals surface area contributed by atoms with E-state index in [9.17, 15) is 9.90 Å². The van der Waals surface area contributed by atoms with Crippen molar-refractivity contribution in [3.8, 4) is 0 Å². The van der Waals surface area contributed by atoms with Crippen LogP contribution in [0.1, 0.15) is 40.0 Å². The smallest absolute Gasteiger partial charge is 0.133 e. The van der Waals surface area contributed by atoms with Gasteiger partial charge in [-0.05, 0) is 26.2 Å². The Morgan fingerprint density at radius 2 is 1.69 bits per heavy atom. The van der Waals surface area contributed by atoms with Crippen LogP contribution in [0.5, 0.6) is 0 Å². The van der Waals surface area contributed by atoms with Gasteiger partial charge in [-0.15, -0.1) is 0 Å². The van der Waals surface area contributed by atoms with Crippen molar-refractivity contribution in [2.75, 3.05) is 0 Å². The van der Waals surface area contributed by atoms with Crippen LogP contribution in [0.4, 0.5) is 0 Å². The molecule has 0 amide bonds. The van der Waals surface area contributed by atoms with E-state index in [1.54, 1.807) is 0 Å². The Morgan fingerprint density at radius 3 is 2.08 bits per heavy atom. The normalized spacial score (nSPS) is 33.2. The number of hydrogen-bond acceptors (Lipinski definition) is 3. The van der Waals surface area contributed by atoms with Gasteiger partial charge in [0.2, 0.25) is 0 Å². The van der Waals surface area contributed by atoms with Crippen LogP contribution in [0.25, 0.3) is 0 Å². The van der Waals surface area contributed by atoms with Gasteiger partial charge in [-0.25, -0.2) is 0 Å². The molecule has 0 aromatic heterocycles. The number of carbonyl (C=O) groups excluding carboxylic acids is 1. The Hall–Kier alpha value is -0.410. The number of rotatable bonds is 1. The zero-order valence-electron chi connectivity index (χ0n) is 8.66. The van der Waals surface area contributed by atoms with Crippen LogP contribution in [0.3, 0.4) is 0 Å². The summed E-state index contributed by atoms with van der Waals surface area (Å²) in [6.45, 7) is 5.54. The van der Waals surface area contributed by atoms with Crippen LogP contribution in [-0.4, -0.2) is 28.2 Å². The molecule has 3 heteroatoms. The van der Waals surface area contributed by atoms with E-state index in [4.69, 9.17) is 5.11 Å². The molecule has 1 fully saturated rings. The summed E-state index contributed by atoms with van der Waals surface area (Å²) in [6.07, 6.45) is 0.374. The predicted molar refractivity (Wildman–Crippen MR) is 51.4 cm³/mol. The maximum Gasteiger partial charge on any atom is 0.133 e. The van der Waals surface area contributed by atoms with Gasteiger partial charge in [0.1, 0.15) is 5.78 Å². The Labute approximate surface area is 79.8 Å². The number of carbonyl (C=O) groups is 1. The fraction of sp³-hybridized carbons (Fsp3) is 0.900. The number of hydrogen-bond donors (Lipinski definition) is 2. The number of aliphatic hydroxyl groups is 2. The molecule has 1 aliphatic carbocycles. The van der Waals surface area contributed by atoms with E-state index < -0.39 is 12.2 Å². The molecule has 0 spiro atoms. The second-order valence-electron chi connectivity index (χ2n) is 3.26. The predicted octanol–water partition coefficient (Wildman–Crippen LogP) is 1.12. The maximum absolute atomic E-state index is 10.9. The lowest BCUT2D eigenvalue weighted by Gasteiger charge is -2.28. The zero-order chi connectivity index (χ0) is 10.4. The first-order valence-electron chi connectivity index (χ1n) is 4.98. The minimum atomic E-state index is -0.697. The lowest BCUT2D eigenvalue weighted by molar-refractivity contribution is -0.125. The third kappa shape index (κ3) is 3.87. The first-order chi connectivity index (χ1) is 6.11. The van der Waals surface area contributed by atoms with E-state index in [-0.39, 0.29) is 11.7 Å². The van der Waals surface area contributed by atoms with Crippen LogP contribution in [0.2, 0.25) is 0 Å².